The molecule has 0 radical (unpaired) electrons. The van der Waals surface area contributed by atoms with E-state index >= 15 is 0 Å². The molecule has 0 atom stereocenters. The van der Waals surface area contributed by atoms with Crippen LogP contribution in [0.4, 0.5) is 26.3 Å². The molecule has 3 rings (SSSR count). The molecular formula is C22H16F6N4O9. The van der Waals surface area contributed by atoms with Crippen molar-refractivity contribution in [3.05, 3.63) is 71.1 Å². The number of alkyl halides is 6. The number of hydrogen-bond donors (Lipinski definition) is 4. The number of aryl methyl sites for hydroxylation is 1. The number of carbonyl (C=O) groups excluding carboxylic acids is 2. The molecule has 0 saturated carbocycles. The van der Waals surface area contributed by atoms with Gasteiger partial charge in [-0.1, -0.05) is 34.6 Å². The van der Waals surface area contributed by atoms with Gasteiger partial charge in [-0.05, 0) is 24.3 Å². The molecule has 0 unspecified atom stereocenters. The number of benzene rings is 2. The van der Waals surface area contributed by atoms with E-state index in [2.05, 4.69) is 20.0 Å². The molecule has 0 aliphatic rings. The quantitative estimate of drug-likeness (QED) is 0.0650. The summed E-state index contributed by atoms with van der Waals surface area (Å²) < 4.78 is 74.5. The van der Waals surface area contributed by atoms with Crippen molar-refractivity contribution in [2.24, 2.45) is 10.9 Å². The van der Waals surface area contributed by atoms with Crippen LogP contribution in [0.2, 0.25) is 0 Å². The molecule has 19 heteroatoms. The van der Waals surface area contributed by atoms with Crippen molar-refractivity contribution in [1.82, 2.24) is 10.1 Å². The predicted molar refractivity (Wildman–Crippen MR) is 121 cm³/mol. The number of carboxylic acids is 2. The number of aromatic carboxylic acids is 2. The number of hydrogen-bond acceptors (Lipinski definition) is 10. The van der Waals surface area contributed by atoms with Gasteiger partial charge in [0.1, 0.15) is 0 Å². The van der Waals surface area contributed by atoms with Crippen molar-refractivity contribution in [1.29, 1.82) is 0 Å². The van der Waals surface area contributed by atoms with Gasteiger partial charge in [0.2, 0.25) is 11.7 Å². The summed E-state index contributed by atoms with van der Waals surface area (Å²) in [4.78, 5) is 44.6. The second-order valence-electron chi connectivity index (χ2n) is 7.07. The van der Waals surface area contributed by atoms with Gasteiger partial charge in [0.25, 0.3) is 0 Å². The molecule has 0 fully saturated rings. The number of carbonyl (C=O) groups is 4. The van der Waals surface area contributed by atoms with Gasteiger partial charge >= 0.3 is 36.2 Å². The van der Waals surface area contributed by atoms with Crippen LogP contribution >= 0.6 is 0 Å². The average Bonchev–Trinajstić information content (AvgIpc) is 3.34. The zero-order valence-corrected chi connectivity index (χ0v) is 20.1. The van der Waals surface area contributed by atoms with Crippen LogP contribution in [0.5, 0.6) is 0 Å². The maximum Gasteiger partial charge on any atom is 0.491 e. The smallest absolute Gasteiger partial charge is 0.478 e. The van der Waals surface area contributed by atoms with Crippen molar-refractivity contribution in [2.75, 3.05) is 0 Å². The second kappa shape index (κ2) is 14.1. The summed E-state index contributed by atoms with van der Waals surface area (Å²) in [6.07, 6.45) is -11.2. The predicted octanol–water partition coefficient (Wildman–Crippen LogP) is 3.40. The van der Waals surface area contributed by atoms with E-state index in [1.54, 1.807) is 25.1 Å². The van der Waals surface area contributed by atoms with Crippen molar-refractivity contribution in [3.8, 4) is 11.4 Å². The number of amidine groups is 1. The molecule has 0 bridgehead atoms. The summed E-state index contributed by atoms with van der Waals surface area (Å²) in [6, 6.07) is 12.2. The lowest BCUT2D eigenvalue weighted by Gasteiger charge is -2.06. The second-order valence-corrected chi connectivity index (χ2v) is 7.07. The Balaban J connectivity index is 0.000000309. The molecule has 41 heavy (non-hydrogen) atoms. The zero-order chi connectivity index (χ0) is 31.5. The lowest BCUT2D eigenvalue weighted by Crippen LogP contribution is -2.34. The van der Waals surface area contributed by atoms with Crippen LogP contribution < -0.4 is 5.73 Å². The van der Waals surface area contributed by atoms with Gasteiger partial charge in [-0.2, -0.15) is 31.3 Å². The maximum atomic E-state index is 11.2. The average molecular weight is 594 g/mol. The van der Waals surface area contributed by atoms with E-state index in [9.17, 15) is 45.5 Å². The van der Waals surface area contributed by atoms with Gasteiger partial charge in [-0.25, -0.2) is 19.2 Å². The van der Waals surface area contributed by atoms with Crippen molar-refractivity contribution < 1.29 is 70.2 Å². The number of ether oxygens (including phenoxy) is 1. The standard InChI is InChI=1S/C10H8N2O3.C8H8N2O3.C4F6O3/c1-6-11-9(12-15-6)7-3-2-4-8(5-7)10(13)14;9-7(10-13)5-2-1-3-6(4-5)8(11)12;5-3(6,7)1(11)13-2(12)4(8,9)10/h2-5H,1H3,(H,13,14);1-4,13H,(H2,9,10)(H,11,12);. The highest BCUT2D eigenvalue weighted by Gasteiger charge is 2.49. The zero-order valence-electron chi connectivity index (χ0n) is 20.1. The van der Waals surface area contributed by atoms with E-state index in [0.717, 1.165) is 0 Å². The molecule has 0 spiro atoms. The Morgan fingerprint density at radius 1 is 0.854 bits per heavy atom. The van der Waals surface area contributed by atoms with E-state index in [0.29, 0.717) is 22.8 Å². The summed E-state index contributed by atoms with van der Waals surface area (Å²) in [5, 5.41) is 32.2. The third-order valence-electron chi connectivity index (χ3n) is 4.06. The first kappa shape index (κ1) is 33.5. The van der Waals surface area contributed by atoms with Gasteiger partial charge in [0, 0.05) is 18.1 Å². The normalized spacial score (nSPS) is 11.2. The van der Waals surface area contributed by atoms with Crippen LogP contribution in [0.15, 0.2) is 58.2 Å². The van der Waals surface area contributed by atoms with Crippen LogP contribution in [0.1, 0.15) is 32.2 Å². The first-order valence-corrected chi connectivity index (χ1v) is 10.2. The van der Waals surface area contributed by atoms with Crippen LogP contribution in [0.3, 0.4) is 0 Å². The van der Waals surface area contributed by atoms with Crippen LogP contribution in [-0.2, 0) is 14.3 Å². The number of oxime groups is 1. The Bertz CT molecular complexity index is 1410. The van der Waals surface area contributed by atoms with Crippen molar-refractivity contribution in [2.45, 2.75) is 19.3 Å². The van der Waals surface area contributed by atoms with Crippen LogP contribution in [-0.4, -0.2) is 67.6 Å². The fourth-order valence-electron chi connectivity index (χ4n) is 2.28. The minimum absolute atomic E-state index is 0.101. The Labute approximate surface area is 223 Å². The van der Waals surface area contributed by atoms with Crippen molar-refractivity contribution in [3.63, 3.8) is 0 Å². The van der Waals surface area contributed by atoms with E-state index in [1.165, 1.54) is 30.3 Å². The van der Waals surface area contributed by atoms with E-state index in [-0.39, 0.29) is 17.0 Å². The minimum Gasteiger partial charge on any atom is -0.478 e. The summed E-state index contributed by atoms with van der Waals surface area (Å²) in [5.74, 6) is -7.68. The van der Waals surface area contributed by atoms with Crippen LogP contribution in [0.25, 0.3) is 11.4 Å². The highest BCUT2D eigenvalue weighted by molar-refractivity contribution is 5.99. The Kier molecular flexibility index (Phi) is 11.5. The molecule has 220 valence electrons. The van der Waals surface area contributed by atoms with Crippen molar-refractivity contribution >= 4 is 29.7 Å². The Morgan fingerprint density at radius 2 is 1.32 bits per heavy atom. The first-order chi connectivity index (χ1) is 18.9. The minimum atomic E-state index is -5.62. The molecule has 1 heterocycles. The topological polar surface area (TPSA) is 215 Å². The highest BCUT2D eigenvalue weighted by Crippen LogP contribution is 2.21. The van der Waals surface area contributed by atoms with Gasteiger partial charge < -0.3 is 30.4 Å². The van der Waals surface area contributed by atoms with Gasteiger partial charge in [0.05, 0.1) is 11.1 Å². The number of esters is 2. The largest absolute Gasteiger partial charge is 0.491 e. The number of aromatic nitrogens is 2. The van der Waals surface area contributed by atoms with Gasteiger partial charge in [-0.3, -0.25) is 0 Å². The molecule has 3 aromatic rings. The SMILES string of the molecule is Cc1nc(-c2cccc(C(=O)O)c2)no1.N/C(=N\O)c1cccc(C(=O)O)c1.O=C(OC(=O)C(F)(F)F)C(F)(F)F. The fraction of sp³-hybridized carbons (Fsp3) is 0.136. The molecule has 0 saturated heterocycles. The monoisotopic (exact) mass is 594 g/mol. The third kappa shape index (κ3) is 11.0. The van der Waals surface area contributed by atoms with E-state index < -0.39 is 36.2 Å². The molecule has 0 aliphatic heterocycles. The summed E-state index contributed by atoms with van der Waals surface area (Å²) in [5.41, 5.74) is 6.58. The Morgan fingerprint density at radius 3 is 1.73 bits per heavy atom. The molecule has 0 amide bonds. The van der Waals surface area contributed by atoms with Crippen LogP contribution in [0, 0.1) is 6.92 Å². The molecular weight excluding hydrogens is 578 g/mol. The summed E-state index contributed by atoms with van der Waals surface area (Å²) in [7, 11) is 0. The number of rotatable bonds is 4. The molecule has 13 nitrogen and oxygen atoms in total. The fourth-order valence-corrected chi connectivity index (χ4v) is 2.28. The Hall–Kier alpha value is -5.49. The third-order valence-corrected chi connectivity index (χ3v) is 4.06. The number of nitrogens with two attached hydrogens (primary N) is 1. The molecule has 1 aromatic heterocycles. The highest BCUT2D eigenvalue weighted by atomic mass is 19.4. The summed E-state index contributed by atoms with van der Waals surface area (Å²) in [6.45, 7) is 1.68. The molecule has 2 aromatic carbocycles. The lowest BCUT2D eigenvalue weighted by atomic mass is 10.1. The maximum absolute atomic E-state index is 11.2. The van der Waals surface area contributed by atoms with Gasteiger partial charge in [0.15, 0.2) is 5.84 Å². The first-order valence-electron chi connectivity index (χ1n) is 10.2. The summed E-state index contributed by atoms with van der Waals surface area (Å²) >= 11 is 0. The molecule has 0 aliphatic carbocycles. The number of halogens is 6. The molecule has 5 N–H and O–H groups in total. The number of nitrogens with zero attached hydrogens (tertiary/aromatic N) is 3. The lowest BCUT2D eigenvalue weighted by molar-refractivity contribution is -0.221. The van der Waals surface area contributed by atoms with E-state index in [1.807, 2.05) is 0 Å². The van der Waals surface area contributed by atoms with E-state index in [4.69, 9.17) is 25.7 Å². The van der Waals surface area contributed by atoms with Gasteiger partial charge in [-0.15, -0.1) is 0 Å². The number of carboxylic acid groups (broad SMARTS) is 2.